The zero-order valence-electron chi connectivity index (χ0n) is 19.8. The third kappa shape index (κ3) is 5.56. The van der Waals surface area contributed by atoms with Crippen LogP contribution < -0.4 is 4.74 Å². The highest BCUT2D eigenvalue weighted by Crippen LogP contribution is 2.32. The number of nitrogens with zero attached hydrogens (tertiary/aromatic N) is 3. The summed E-state index contributed by atoms with van der Waals surface area (Å²) in [5, 5.41) is 0. The lowest BCUT2D eigenvalue weighted by Crippen LogP contribution is -2.01. The molecule has 2 heterocycles. The minimum atomic E-state index is -1.79. The van der Waals surface area contributed by atoms with E-state index in [0.29, 0.717) is 23.5 Å². The highest BCUT2D eigenvalue weighted by atomic mass is 19.3. The van der Waals surface area contributed by atoms with Crippen LogP contribution in [0, 0.1) is 17.5 Å². The van der Waals surface area contributed by atoms with Gasteiger partial charge >= 0.3 is 0 Å². The molecular formula is C29H20F5N3O. The van der Waals surface area contributed by atoms with E-state index in [1.54, 1.807) is 18.3 Å². The van der Waals surface area contributed by atoms with Crippen molar-refractivity contribution in [2.45, 2.75) is 13.0 Å². The van der Waals surface area contributed by atoms with Crippen molar-refractivity contribution in [3.63, 3.8) is 0 Å². The van der Waals surface area contributed by atoms with Crippen molar-refractivity contribution in [2.24, 2.45) is 0 Å². The normalized spacial score (nSPS) is 11.1. The Morgan fingerprint density at radius 3 is 2.45 bits per heavy atom. The van der Waals surface area contributed by atoms with Gasteiger partial charge < -0.3 is 9.30 Å². The molecule has 0 spiro atoms. The van der Waals surface area contributed by atoms with Gasteiger partial charge in [0.05, 0.1) is 17.9 Å². The maximum atomic E-state index is 14.2. The van der Waals surface area contributed by atoms with Crippen LogP contribution in [0.4, 0.5) is 22.0 Å². The Kier molecular flexibility index (Phi) is 7.17. The van der Waals surface area contributed by atoms with Gasteiger partial charge in [-0.25, -0.2) is 23.1 Å². The largest absolute Gasteiger partial charge is 0.493 e. The third-order valence-electron chi connectivity index (χ3n) is 5.87. The first-order chi connectivity index (χ1) is 18.4. The summed E-state index contributed by atoms with van der Waals surface area (Å²) in [7, 11) is 0. The van der Waals surface area contributed by atoms with E-state index in [1.165, 1.54) is 24.3 Å². The summed E-state index contributed by atoms with van der Waals surface area (Å²) >= 11 is 0. The minimum absolute atomic E-state index is 0.00137. The average molecular weight is 521 g/mol. The molecule has 0 fully saturated rings. The lowest BCUT2D eigenvalue weighted by Gasteiger charge is -2.13. The van der Waals surface area contributed by atoms with Gasteiger partial charge in [0.2, 0.25) is 0 Å². The number of pyridine rings is 1. The second-order valence-electron chi connectivity index (χ2n) is 8.50. The second kappa shape index (κ2) is 10.8. The highest BCUT2D eigenvalue weighted by Gasteiger charge is 2.17. The number of hydrogen-bond acceptors (Lipinski definition) is 3. The van der Waals surface area contributed by atoms with Gasteiger partial charge in [0.25, 0.3) is 6.08 Å². The number of hydrogen-bond donors (Lipinski definition) is 0. The van der Waals surface area contributed by atoms with Crippen molar-refractivity contribution in [1.82, 2.24) is 14.5 Å². The first-order valence-corrected chi connectivity index (χ1v) is 11.7. The molecule has 5 rings (SSSR count). The van der Waals surface area contributed by atoms with Crippen LogP contribution in [-0.4, -0.2) is 21.1 Å². The van der Waals surface area contributed by atoms with Gasteiger partial charge in [-0.15, -0.1) is 0 Å². The summed E-state index contributed by atoms with van der Waals surface area (Å²) in [4.78, 5) is 8.69. The van der Waals surface area contributed by atoms with Gasteiger partial charge in [-0.2, -0.15) is 8.78 Å². The molecule has 192 valence electrons. The quantitative estimate of drug-likeness (QED) is 0.155. The zero-order valence-corrected chi connectivity index (χ0v) is 19.8. The average Bonchev–Trinajstić information content (AvgIpc) is 3.32. The molecule has 2 aliphatic heterocycles. The topological polar surface area (TPSA) is 39.9 Å². The molecule has 3 aromatic carbocycles. The molecule has 9 heteroatoms. The SMILES string of the molecule is FC(F)=CCCOc1cc(F)ccc1-c1ccc(Cn2ccc3nc(-c4cccc(F)c4F)nc-3c2)cc1. The van der Waals surface area contributed by atoms with E-state index in [-0.39, 0.29) is 30.2 Å². The van der Waals surface area contributed by atoms with E-state index >= 15 is 0 Å². The van der Waals surface area contributed by atoms with Crippen LogP contribution in [0.25, 0.3) is 33.9 Å². The molecule has 0 aromatic heterocycles. The monoisotopic (exact) mass is 521 g/mol. The van der Waals surface area contributed by atoms with Gasteiger partial charge in [-0.05, 0) is 47.5 Å². The molecule has 0 bridgehead atoms. The number of rotatable bonds is 8. The van der Waals surface area contributed by atoms with E-state index in [2.05, 4.69) is 9.97 Å². The molecule has 0 amide bonds. The van der Waals surface area contributed by atoms with Crippen LogP contribution in [0.1, 0.15) is 12.0 Å². The summed E-state index contributed by atoms with van der Waals surface area (Å²) in [6.45, 7) is 0.490. The van der Waals surface area contributed by atoms with Crippen LogP contribution in [0.5, 0.6) is 5.75 Å². The van der Waals surface area contributed by atoms with Gasteiger partial charge in [0, 0.05) is 37.0 Å². The Balaban J connectivity index is 1.33. The van der Waals surface area contributed by atoms with Crippen LogP contribution in [0.2, 0.25) is 0 Å². The molecule has 0 N–H and O–H groups in total. The van der Waals surface area contributed by atoms with Crippen molar-refractivity contribution >= 4 is 0 Å². The van der Waals surface area contributed by atoms with Gasteiger partial charge in [0.1, 0.15) is 17.3 Å². The number of imidazole rings is 1. The fraction of sp³-hybridized carbons (Fsp3) is 0.103. The lowest BCUT2D eigenvalue weighted by molar-refractivity contribution is 0.320. The van der Waals surface area contributed by atoms with E-state index in [0.717, 1.165) is 23.3 Å². The molecule has 0 aliphatic carbocycles. The number of fused-ring (bicyclic) bond motifs is 1. The summed E-state index contributed by atoms with van der Waals surface area (Å²) in [5.41, 5.74) is 3.48. The molecule has 0 saturated carbocycles. The molecule has 0 atom stereocenters. The Morgan fingerprint density at radius 1 is 0.868 bits per heavy atom. The number of aromatic nitrogens is 3. The maximum Gasteiger partial charge on any atom is 0.266 e. The first kappa shape index (κ1) is 25.1. The smallest absolute Gasteiger partial charge is 0.266 e. The van der Waals surface area contributed by atoms with Crippen LogP contribution in [0.3, 0.4) is 0 Å². The Bertz CT molecular complexity index is 1580. The second-order valence-corrected chi connectivity index (χ2v) is 8.50. The fourth-order valence-corrected chi connectivity index (χ4v) is 4.04. The number of halogens is 5. The lowest BCUT2D eigenvalue weighted by atomic mass is 10.0. The summed E-state index contributed by atoms with van der Waals surface area (Å²) < 4.78 is 73.5. The van der Waals surface area contributed by atoms with Gasteiger partial charge in [-0.1, -0.05) is 30.3 Å². The third-order valence-corrected chi connectivity index (χ3v) is 5.87. The molecule has 2 aliphatic rings. The predicted molar refractivity (Wildman–Crippen MR) is 133 cm³/mol. The predicted octanol–water partition coefficient (Wildman–Crippen LogP) is 7.73. The molecule has 0 saturated heterocycles. The van der Waals surface area contributed by atoms with Crippen LogP contribution in [0.15, 0.2) is 91.3 Å². The van der Waals surface area contributed by atoms with Crippen molar-refractivity contribution < 1.29 is 26.7 Å². The fourth-order valence-electron chi connectivity index (χ4n) is 4.04. The standard InChI is InChI=1S/C29H20F5N3O/c30-20-10-11-21(26(15-20)38-14-2-5-27(32)33)19-8-6-18(7-9-19)16-37-13-12-24-25(17-37)36-29(35-24)22-3-1-4-23(31)28(22)34/h1,3-13,15,17H,2,14,16H2. The molecular weight excluding hydrogens is 501 g/mol. The highest BCUT2D eigenvalue weighted by molar-refractivity contribution is 5.71. The van der Waals surface area contributed by atoms with Gasteiger partial charge in [-0.3, -0.25) is 0 Å². The zero-order chi connectivity index (χ0) is 26.6. The van der Waals surface area contributed by atoms with Crippen molar-refractivity contribution in [2.75, 3.05) is 6.61 Å². The Hall–Kier alpha value is -4.53. The van der Waals surface area contributed by atoms with Crippen LogP contribution >= 0.6 is 0 Å². The maximum absolute atomic E-state index is 14.2. The van der Waals surface area contributed by atoms with Crippen molar-refractivity contribution in [1.29, 1.82) is 0 Å². The molecule has 3 aromatic rings. The Morgan fingerprint density at radius 2 is 1.66 bits per heavy atom. The number of benzene rings is 3. The molecule has 4 nitrogen and oxygen atoms in total. The van der Waals surface area contributed by atoms with Crippen LogP contribution in [-0.2, 0) is 6.54 Å². The van der Waals surface area contributed by atoms with Crippen molar-refractivity contribution in [3.8, 4) is 39.7 Å². The molecule has 38 heavy (non-hydrogen) atoms. The Labute approximate surface area is 215 Å². The van der Waals surface area contributed by atoms with Crippen molar-refractivity contribution in [3.05, 3.63) is 114 Å². The summed E-state index contributed by atoms with van der Waals surface area (Å²) in [5.74, 6) is -2.05. The van der Waals surface area contributed by atoms with E-state index in [9.17, 15) is 22.0 Å². The molecule has 0 unspecified atom stereocenters. The number of ether oxygens (including phenoxy) is 1. The van der Waals surface area contributed by atoms with Gasteiger partial charge in [0.15, 0.2) is 17.5 Å². The molecule has 0 radical (unpaired) electrons. The van der Waals surface area contributed by atoms with E-state index < -0.39 is 23.5 Å². The first-order valence-electron chi connectivity index (χ1n) is 11.7. The summed E-state index contributed by atoms with van der Waals surface area (Å²) in [6.07, 6.45) is 2.57. The summed E-state index contributed by atoms with van der Waals surface area (Å²) in [6, 6.07) is 17.3. The minimum Gasteiger partial charge on any atom is -0.493 e. The van der Waals surface area contributed by atoms with E-state index in [4.69, 9.17) is 4.74 Å². The van der Waals surface area contributed by atoms with E-state index in [1.807, 2.05) is 35.0 Å².